The zero-order valence-electron chi connectivity index (χ0n) is 5.93. The summed E-state index contributed by atoms with van der Waals surface area (Å²) in [6, 6.07) is 0. The molecule has 10 heavy (non-hydrogen) atoms. The van der Waals surface area contributed by atoms with Gasteiger partial charge in [0.15, 0.2) is 0 Å². The minimum absolute atomic E-state index is 0.935. The van der Waals surface area contributed by atoms with E-state index in [0.717, 1.165) is 17.9 Å². The molecule has 1 aliphatic rings. The molecule has 0 N–H and O–H groups in total. The SMILES string of the molecule is CO[C]1C=CC=C(CBr)C1. The zero-order valence-corrected chi connectivity index (χ0v) is 7.52. The summed E-state index contributed by atoms with van der Waals surface area (Å²) < 4.78 is 5.09. The zero-order chi connectivity index (χ0) is 7.40. The van der Waals surface area contributed by atoms with Crippen LogP contribution in [0, 0.1) is 6.10 Å². The predicted molar refractivity (Wildman–Crippen MR) is 45.9 cm³/mol. The van der Waals surface area contributed by atoms with Gasteiger partial charge in [0.1, 0.15) is 6.10 Å². The predicted octanol–water partition coefficient (Wildman–Crippen LogP) is 2.45. The van der Waals surface area contributed by atoms with Crippen molar-refractivity contribution in [3.05, 3.63) is 29.9 Å². The summed E-state index contributed by atoms with van der Waals surface area (Å²) in [5.41, 5.74) is 1.36. The van der Waals surface area contributed by atoms with Gasteiger partial charge in [-0.05, 0) is 6.08 Å². The molecule has 0 aromatic heterocycles. The van der Waals surface area contributed by atoms with E-state index in [1.165, 1.54) is 5.57 Å². The number of methoxy groups -OCH3 is 1. The largest absolute Gasteiger partial charge is 0.370 e. The molecule has 0 aromatic carbocycles. The van der Waals surface area contributed by atoms with Crippen LogP contribution in [0.2, 0.25) is 0 Å². The molecule has 0 amide bonds. The topological polar surface area (TPSA) is 9.23 Å². The molecule has 0 spiro atoms. The van der Waals surface area contributed by atoms with Crippen LogP contribution in [0.3, 0.4) is 0 Å². The Hall–Kier alpha value is -0.0800. The molecule has 0 saturated heterocycles. The van der Waals surface area contributed by atoms with Crippen molar-refractivity contribution in [2.24, 2.45) is 0 Å². The van der Waals surface area contributed by atoms with Crippen LogP contribution in [-0.2, 0) is 4.74 Å². The van der Waals surface area contributed by atoms with Crippen molar-refractivity contribution >= 4 is 15.9 Å². The molecule has 0 fully saturated rings. The molecular weight excluding hydrogens is 192 g/mol. The summed E-state index contributed by atoms with van der Waals surface area (Å²) in [5.74, 6) is 0. The van der Waals surface area contributed by atoms with Gasteiger partial charge in [-0.15, -0.1) is 0 Å². The lowest BCUT2D eigenvalue weighted by Gasteiger charge is -2.13. The van der Waals surface area contributed by atoms with Gasteiger partial charge in [0.25, 0.3) is 0 Å². The van der Waals surface area contributed by atoms with E-state index in [0.29, 0.717) is 0 Å². The van der Waals surface area contributed by atoms with E-state index < -0.39 is 0 Å². The second-order valence-electron chi connectivity index (χ2n) is 2.16. The van der Waals surface area contributed by atoms with E-state index in [1.807, 2.05) is 12.2 Å². The highest BCUT2D eigenvalue weighted by Crippen LogP contribution is 2.21. The normalized spacial score (nSPS) is 19.2. The van der Waals surface area contributed by atoms with Crippen LogP contribution in [0.25, 0.3) is 0 Å². The van der Waals surface area contributed by atoms with E-state index in [1.54, 1.807) is 7.11 Å². The summed E-state index contributed by atoms with van der Waals surface area (Å²) in [5, 5.41) is 0.935. The quantitative estimate of drug-likeness (QED) is 0.625. The van der Waals surface area contributed by atoms with Crippen molar-refractivity contribution in [2.75, 3.05) is 12.4 Å². The minimum Gasteiger partial charge on any atom is -0.370 e. The molecule has 2 heteroatoms. The maximum absolute atomic E-state index is 5.09. The average molecular weight is 202 g/mol. The Morgan fingerprint density at radius 3 is 3.10 bits per heavy atom. The molecule has 0 aromatic rings. The molecule has 0 aliphatic heterocycles. The number of rotatable bonds is 2. The van der Waals surface area contributed by atoms with Crippen molar-refractivity contribution in [2.45, 2.75) is 6.42 Å². The second-order valence-corrected chi connectivity index (χ2v) is 2.73. The van der Waals surface area contributed by atoms with E-state index in [4.69, 9.17) is 4.74 Å². The Morgan fingerprint density at radius 1 is 1.70 bits per heavy atom. The van der Waals surface area contributed by atoms with Crippen LogP contribution < -0.4 is 0 Å². The fourth-order valence-electron chi connectivity index (χ4n) is 0.865. The maximum Gasteiger partial charge on any atom is 0.123 e. The first-order valence-corrected chi connectivity index (χ1v) is 4.31. The summed E-state index contributed by atoms with van der Waals surface area (Å²) in [6.45, 7) is 0. The van der Waals surface area contributed by atoms with Crippen LogP contribution in [0.5, 0.6) is 0 Å². The van der Waals surface area contributed by atoms with E-state index in [2.05, 4.69) is 22.0 Å². The third-order valence-electron chi connectivity index (χ3n) is 1.45. The van der Waals surface area contributed by atoms with Crippen LogP contribution in [-0.4, -0.2) is 12.4 Å². The monoisotopic (exact) mass is 201 g/mol. The first-order chi connectivity index (χ1) is 4.86. The van der Waals surface area contributed by atoms with Gasteiger partial charge >= 0.3 is 0 Å². The van der Waals surface area contributed by atoms with E-state index >= 15 is 0 Å². The highest BCUT2D eigenvalue weighted by Gasteiger charge is 2.09. The third-order valence-corrected chi connectivity index (χ3v) is 2.17. The van der Waals surface area contributed by atoms with Gasteiger partial charge in [0, 0.05) is 18.9 Å². The summed E-state index contributed by atoms with van der Waals surface area (Å²) in [6.07, 6.45) is 8.10. The number of halogens is 1. The van der Waals surface area contributed by atoms with Crippen molar-refractivity contribution in [3.8, 4) is 0 Å². The standard InChI is InChI=1S/C8H10BrO/c1-10-8-4-2-3-7(5-8)6-9/h2-4H,5-6H2,1H3. The van der Waals surface area contributed by atoms with Gasteiger partial charge in [-0.3, -0.25) is 0 Å². The Morgan fingerprint density at radius 2 is 2.50 bits per heavy atom. The van der Waals surface area contributed by atoms with Crippen molar-refractivity contribution in [1.82, 2.24) is 0 Å². The number of hydrogen-bond acceptors (Lipinski definition) is 1. The number of allylic oxidation sites excluding steroid dienone is 2. The molecule has 1 radical (unpaired) electrons. The van der Waals surface area contributed by atoms with Crippen molar-refractivity contribution in [1.29, 1.82) is 0 Å². The number of ether oxygens (including phenoxy) is 1. The first-order valence-electron chi connectivity index (χ1n) is 3.18. The molecule has 0 bridgehead atoms. The Labute approximate surface area is 69.9 Å². The summed E-state index contributed by atoms with van der Waals surface area (Å²) in [4.78, 5) is 0. The van der Waals surface area contributed by atoms with Crippen LogP contribution in [0.1, 0.15) is 6.42 Å². The van der Waals surface area contributed by atoms with E-state index in [-0.39, 0.29) is 0 Å². The fraction of sp³-hybridized carbons (Fsp3) is 0.375. The summed E-state index contributed by atoms with van der Waals surface area (Å²) in [7, 11) is 1.71. The fourth-order valence-corrected chi connectivity index (χ4v) is 1.25. The lowest BCUT2D eigenvalue weighted by Crippen LogP contribution is -2.02. The van der Waals surface area contributed by atoms with Crippen LogP contribution in [0.4, 0.5) is 0 Å². The van der Waals surface area contributed by atoms with Crippen molar-refractivity contribution < 1.29 is 4.74 Å². The Balaban J connectivity index is 2.50. The highest BCUT2D eigenvalue weighted by molar-refractivity contribution is 9.09. The number of hydrogen-bond donors (Lipinski definition) is 0. The molecule has 1 aliphatic carbocycles. The third kappa shape index (κ3) is 1.96. The van der Waals surface area contributed by atoms with Crippen molar-refractivity contribution in [3.63, 3.8) is 0 Å². The molecule has 1 nitrogen and oxygen atoms in total. The summed E-state index contributed by atoms with van der Waals surface area (Å²) >= 11 is 3.40. The molecule has 0 heterocycles. The highest BCUT2D eigenvalue weighted by atomic mass is 79.9. The maximum atomic E-state index is 5.09. The first kappa shape index (κ1) is 8.02. The Bertz CT molecular complexity index is 161. The Kier molecular flexibility index (Phi) is 3.16. The smallest absolute Gasteiger partial charge is 0.123 e. The van der Waals surface area contributed by atoms with Gasteiger partial charge in [-0.25, -0.2) is 0 Å². The second kappa shape index (κ2) is 3.94. The molecule has 1 rings (SSSR count). The van der Waals surface area contributed by atoms with Gasteiger partial charge in [0.2, 0.25) is 0 Å². The van der Waals surface area contributed by atoms with Gasteiger partial charge in [-0.1, -0.05) is 33.7 Å². The van der Waals surface area contributed by atoms with E-state index in [9.17, 15) is 0 Å². The molecule has 0 atom stereocenters. The molecular formula is C8H10BrO. The van der Waals surface area contributed by atoms with Gasteiger partial charge in [-0.2, -0.15) is 0 Å². The minimum atomic E-state index is 0.935. The van der Waals surface area contributed by atoms with Crippen LogP contribution in [0.15, 0.2) is 23.8 Å². The van der Waals surface area contributed by atoms with Crippen LogP contribution >= 0.6 is 15.9 Å². The number of alkyl halides is 1. The average Bonchev–Trinajstić information content (AvgIpc) is 2.05. The molecule has 0 saturated carbocycles. The van der Waals surface area contributed by atoms with Gasteiger partial charge < -0.3 is 4.74 Å². The lowest BCUT2D eigenvalue weighted by atomic mass is 10.0. The van der Waals surface area contributed by atoms with Gasteiger partial charge in [0.05, 0.1) is 0 Å². The molecule has 0 unspecified atom stereocenters. The lowest BCUT2D eigenvalue weighted by molar-refractivity contribution is 0.228. The molecule has 55 valence electrons.